The lowest BCUT2D eigenvalue weighted by Crippen LogP contribution is -2.36. The first-order valence-corrected chi connectivity index (χ1v) is 10.8. The van der Waals surface area contributed by atoms with Crippen LogP contribution in [-0.4, -0.2) is 48.8 Å². The molecule has 0 saturated carbocycles. The molecule has 0 spiro atoms. The van der Waals surface area contributed by atoms with Crippen molar-refractivity contribution in [1.29, 1.82) is 0 Å². The van der Waals surface area contributed by atoms with Gasteiger partial charge in [0, 0.05) is 36.6 Å². The third-order valence-electron chi connectivity index (χ3n) is 4.84. The molecule has 4 rings (SSSR count). The van der Waals surface area contributed by atoms with Crippen molar-refractivity contribution in [2.75, 3.05) is 27.2 Å². The topological polar surface area (TPSA) is 40.6 Å². The maximum atomic E-state index is 13.4. The Morgan fingerprint density at radius 2 is 1.13 bits per heavy atom. The molecule has 0 aliphatic rings. The maximum absolute atomic E-state index is 13.4. The zero-order chi connectivity index (χ0) is 21.4. The Balaban J connectivity index is 1.40. The van der Waals surface area contributed by atoms with Crippen LogP contribution >= 0.6 is 22.7 Å². The molecule has 0 atom stereocenters. The van der Waals surface area contributed by atoms with E-state index in [1.165, 1.54) is 46.9 Å². The van der Waals surface area contributed by atoms with Gasteiger partial charge in [0.15, 0.2) is 0 Å². The number of likely N-dealkylation sites (N-methyl/N-ethyl adjacent to an activating group) is 2. The lowest BCUT2D eigenvalue weighted by atomic mass is 10.2. The number of nitrogens with zero attached hydrogens (tertiary/aromatic N) is 2. The number of amides is 2. The van der Waals surface area contributed by atoms with Crippen molar-refractivity contribution in [2.24, 2.45) is 0 Å². The normalized spacial score (nSPS) is 11.2. The van der Waals surface area contributed by atoms with Gasteiger partial charge in [-0.1, -0.05) is 0 Å². The fourth-order valence-electron chi connectivity index (χ4n) is 3.12. The summed E-state index contributed by atoms with van der Waals surface area (Å²) in [4.78, 5) is 29.6. The number of carbonyl (C=O) groups is 2. The van der Waals surface area contributed by atoms with Crippen LogP contribution in [0.1, 0.15) is 19.3 Å². The van der Waals surface area contributed by atoms with Gasteiger partial charge in [-0.15, -0.1) is 22.7 Å². The van der Waals surface area contributed by atoms with Gasteiger partial charge in [0.2, 0.25) is 0 Å². The number of fused-ring (bicyclic) bond motifs is 2. The lowest BCUT2D eigenvalue weighted by molar-refractivity contribution is 0.0723. The monoisotopic (exact) mass is 444 g/mol. The Bertz CT molecular complexity index is 1170. The van der Waals surface area contributed by atoms with Gasteiger partial charge in [-0.25, -0.2) is 8.78 Å². The highest BCUT2D eigenvalue weighted by atomic mass is 32.1. The summed E-state index contributed by atoms with van der Waals surface area (Å²) in [5.41, 5.74) is 0. The SMILES string of the molecule is CN(CCN(C)C(=O)c1cc2cc(F)ccc2s1)C(=O)c1cc2cc(F)ccc2s1. The number of carbonyl (C=O) groups excluding carboxylic acids is 2. The van der Waals surface area contributed by atoms with Gasteiger partial charge in [-0.05, 0) is 59.3 Å². The number of rotatable bonds is 5. The van der Waals surface area contributed by atoms with Crippen LogP contribution in [0.25, 0.3) is 20.2 Å². The molecule has 4 aromatic rings. The summed E-state index contributed by atoms with van der Waals surface area (Å²) in [6.07, 6.45) is 0. The maximum Gasteiger partial charge on any atom is 0.263 e. The third-order valence-corrected chi connectivity index (χ3v) is 7.05. The molecular formula is C22H18F2N2O2S2. The summed E-state index contributed by atoms with van der Waals surface area (Å²) in [6.45, 7) is 0.701. The summed E-state index contributed by atoms with van der Waals surface area (Å²) in [7, 11) is 3.35. The van der Waals surface area contributed by atoms with Gasteiger partial charge < -0.3 is 9.80 Å². The van der Waals surface area contributed by atoms with Crippen LogP contribution in [-0.2, 0) is 0 Å². The van der Waals surface area contributed by atoms with E-state index in [4.69, 9.17) is 0 Å². The average molecular weight is 445 g/mol. The molecule has 0 aliphatic heterocycles. The van der Waals surface area contributed by atoms with E-state index in [0.29, 0.717) is 33.6 Å². The van der Waals surface area contributed by atoms with E-state index in [2.05, 4.69) is 0 Å². The Morgan fingerprint density at radius 3 is 1.53 bits per heavy atom. The van der Waals surface area contributed by atoms with Gasteiger partial charge in [-0.2, -0.15) is 0 Å². The molecule has 8 heteroatoms. The number of halogens is 2. The predicted molar refractivity (Wildman–Crippen MR) is 117 cm³/mol. The molecule has 0 saturated heterocycles. The zero-order valence-electron chi connectivity index (χ0n) is 16.3. The van der Waals surface area contributed by atoms with E-state index in [-0.39, 0.29) is 23.4 Å². The van der Waals surface area contributed by atoms with Crippen LogP contribution in [0.4, 0.5) is 8.78 Å². The highest BCUT2D eigenvalue weighted by Gasteiger charge is 2.19. The quantitative estimate of drug-likeness (QED) is 0.422. The Kier molecular flexibility index (Phi) is 5.53. The molecule has 2 aromatic carbocycles. The van der Waals surface area contributed by atoms with Crippen molar-refractivity contribution in [3.63, 3.8) is 0 Å². The molecule has 4 nitrogen and oxygen atoms in total. The second-order valence-corrected chi connectivity index (χ2v) is 9.21. The van der Waals surface area contributed by atoms with E-state index in [9.17, 15) is 18.4 Å². The molecule has 0 radical (unpaired) electrons. The predicted octanol–water partition coefficient (Wildman–Crippen LogP) is 5.24. The number of hydrogen-bond donors (Lipinski definition) is 0. The number of benzene rings is 2. The van der Waals surface area contributed by atoms with Crippen LogP contribution in [0.15, 0.2) is 48.5 Å². The Hall–Kier alpha value is -2.84. The summed E-state index contributed by atoms with van der Waals surface area (Å²) in [6, 6.07) is 12.3. The van der Waals surface area contributed by atoms with E-state index in [1.54, 1.807) is 48.2 Å². The summed E-state index contributed by atoms with van der Waals surface area (Å²) < 4.78 is 28.4. The highest BCUT2D eigenvalue weighted by molar-refractivity contribution is 7.21. The van der Waals surface area contributed by atoms with E-state index in [0.717, 1.165) is 9.40 Å². The van der Waals surface area contributed by atoms with Crippen molar-refractivity contribution in [1.82, 2.24) is 9.80 Å². The molecule has 0 unspecified atom stereocenters. The van der Waals surface area contributed by atoms with Gasteiger partial charge in [-0.3, -0.25) is 9.59 Å². The standard InChI is InChI=1S/C22H18F2N2O2S2/c1-25(21(27)19-11-13-9-15(23)3-5-17(13)29-19)7-8-26(2)22(28)20-12-14-10-16(24)4-6-18(14)30-20/h3-6,9-12H,7-8H2,1-2H3. The fraction of sp³-hybridized carbons (Fsp3) is 0.182. The summed E-state index contributed by atoms with van der Waals surface area (Å²) in [5, 5.41) is 1.40. The smallest absolute Gasteiger partial charge is 0.263 e. The summed E-state index contributed by atoms with van der Waals surface area (Å²) in [5.74, 6) is -1.02. The van der Waals surface area contributed by atoms with Crippen molar-refractivity contribution >= 4 is 54.7 Å². The zero-order valence-corrected chi connectivity index (χ0v) is 17.9. The molecule has 2 aromatic heterocycles. The Morgan fingerprint density at radius 1 is 0.733 bits per heavy atom. The van der Waals surface area contributed by atoms with Gasteiger partial charge in [0.25, 0.3) is 11.8 Å². The number of hydrogen-bond acceptors (Lipinski definition) is 4. The molecular weight excluding hydrogens is 426 g/mol. The molecule has 2 heterocycles. The Labute approximate surface area is 179 Å². The van der Waals surface area contributed by atoms with Crippen LogP contribution < -0.4 is 0 Å². The minimum absolute atomic E-state index is 0.171. The van der Waals surface area contributed by atoms with Crippen molar-refractivity contribution in [3.05, 3.63) is 69.9 Å². The van der Waals surface area contributed by atoms with Crippen LogP contribution in [0.2, 0.25) is 0 Å². The van der Waals surface area contributed by atoms with Crippen molar-refractivity contribution in [2.45, 2.75) is 0 Å². The minimum Gasteiger partial charge on any atom is -0.339 e. The molecule has 154 valence electrons. The van der Waals surface area contributed by atoms with Crippen LogP contribution in [0.3, 0.4) is 0 Å². The lowest BCUT2D eigenvalue weighted by Gasteiger charge is -2.21. The second-order valence-electron chi connectivity index (χ2n) is 7.04. The third kappa shape index (κ3) is 4.06. The molecule has 2 amide bonds. The highest BCUT2D eigenvalue weighted by Crippen LogP contribution is 2.28. The first-order chi connectivity index (χ1) is 14.3. The van der Waals surface area contributed by atoms with Crippen molar-refractivity contribution in [3.8, 4) is 0 Å². The molecule has 0 aliphatic carbocycles. The molecule has 0 bridgehead atoms. The van der Waals surface area contributed by atoms with Gasteiger partial charge in [0.05, 0.1) is 9.75 Å². The largest absolute Gasteiger partial charge is 0.339 e. The van der Waals surface area contributed by atoms with E-state index < -0.39 is 0 Å². The molecule has 30 heavy (non-hydrogen) atoms. The first kappa shape index (κ1) is 20.4. The van der Waals surface area contributed by atoms with E-state index >= 15 is 0 Å². The molecule has 0 fully saturated rings. The van der Waals surface area contributed by atoms with Gasteiger partial charge in [0.1, 0.15) is 11.6 Å². The fourth-order valence-corrected chi connectivity index (χ4v) is 5.19. The minimum atomic E-state index is -0.336. The molecule has 0 N–H and O–H groups in total. The van der Waals surface area contributed by atoms with Crippen molar-refractivity contribution < 1.29 is 18.4 Å². The first-order valence-electron chi connectivity index (χ1n) is 9.21. The average Bonchev–Trinajstić information content (AvgIpc) is 3.33. The van der Waals surface area contributed by atoms with Gasteiger partial charge >= 0.3 is 0 Å². The summed E-state index contributed by atoms with van der Waals surface area (Å²) >= 11 is 2.63. The second kappa shape index (κ2) is 8.12. The van der Waals surface area contributed by atoms with E-state index in [1.807, 2.05) is 0 Å². The van der Waals surface area contributed by atoms with Crippen LogP contribution in [0, 0.1) is 11.6 Å². The number of thiophene rings is 2. The van der Waals surface area contributed by atoms with Crippen LogP contribution in [0.5, 0.6) is 0 Å².